The summed E-state index contributed by atoms with van der Waals surface area (Å²) in [5.41, 5.74) is 0.796. The van der Waals surface area contributed by atoms with Crippen molar-refractivity contribution in [2.75, 3.05) is 6.61 Å². The molecule has 1 aromatic carbocycles. The summed E-state index contributed by atoms with van der Waals surface area (Å²) < 4.78 is 22.0. The van der Waals surface area contributed by atoms with E-state index in [1.807, 2.05) is 30.3 Å². The molecule has 5 atom stereocenters. The van der Waals surface area contributed by atoms with Crippen LogP contribution in [0.4, 0.5) is 0 Å². The van der Waals surface area contributed by atoms with E-state index in [0.717, 1.165) is 5.56 Å². The van der Waals surface area contributed by atoms with E-state index in [9.17, 15) is 24.0 Å². The Labute approximate surface area is 192 Å². The van der Waals surface area contributed by atoms with E-state index >= 15 is 0 Å². The van der Waals surface area contributed by atoms with E-state index in [0.29, 0.717) is 6.29 Å². The van der Waals surface area contributed by atoms with Gasteiger partial charge in [-0.2, -0.15) is 0 Å². The van der Waals surface area contributed by atoms with Crippen molar-refractivity contribution >= 4 is 30.1 Å². The lowest BCUT2D eigenvalue weighted by atomic mass is 9.89. The van der Waals surface area contributed by atoms with Crippen molar-refractivity contribution in [2.24, 2.45) is 0 Å². The van der Waals surface area contributed by atoms with E-state index in [4.69, 9.17) is 18.9 Å². The largest absolute Gasteiger partial charge is 0.463 e. The molecule has 180 valence electrons. The lowest BCUT2D eigenvalue weighted by Gasteiger charge is -2.48. The van der Waals surface area contributed by atoms with Crippen molar-refractivity contribution in [1.29, 1.82) is 0 Å². The molecule has 0 aromatic heterocycles. The fraction of sp³-hybridized carbons (Fsp3) is 0.522. The molecule has 1 aliphatic rings. The van der Waals surface area contributed by atoms with Crippen molar-refractivity contribution in [3.8, 4) is 0 Å². The van der Waals surface area contributed by atoms with Gasteiger partial charge in [-0.25, -0.2) is 0 Å². The maximum atomic E-state index is 12.7. The van der Waals surface area contributed by atoms with E-state index in [2.05, 4.69) is 0 Å². The number of carbonyl (C=O) groups is 5. The third-order valence-electron chi connectivity index (χ3n) is 5.10. The third-order valence-corrected chi connectivity index (χ3v) is 5.10. The first-order valence-electron chi connectivity index (χ1n) is 10.5. The average Bonchev–Trinajstić information content (AvgIpc) is 2.73. The molecule has 5 unspecified atom stereocenters. The van der Waals surface area contributed by atoms with Gasteiger partial charge in [-0.3, -0.25) is 19.2 Å². The van der Waals surface area contributed by atoms with E-state index < -0.39 is 48.4 Å². The molecule has 1 heterocycles. The van der Waals surface area contributed by atoms with Gasteiger partial charge in [0.15, 0.2) is 12.2 Å². The van der Waals surface area contributed by atoms with Crippen molar-refractivity contribution in [3.05, 3.63) is 35.9 Å². The van der Waals surface area contributed by atoms with Gasteiger partial charge in [-0.1, -0.05) is 30.3 Å². The van der Waals surface area contributed by atoms with Gasteiger partial charge >= 0.3 is 17.9 Å². The lowest BCUT2D eigenvalue weighted by Crippen LogP contribution is -2.66. The minimum atomic E-state index is -1.18. The molecule has 10 nitrogen and oxygen atoms in total. The summed E-state index contributed by atoms with van der Waals surface area (Å²) in [6, 6.07) is 8.15. The lowest BCUT2D eigenvalue weighted by molar-refractivity contribution is -0.236. The molecule has 1 saturated heterocycles. The van der Waals surface area contributed by atoms with Crippen LogP contribution in [-0.4, -0.2) is 72.1 Å². The molecule has 1 fully saturated rings. The smallest absolute Gasteiger partial charge is 0.303 e. The Morgan fingerprint density at radius 1 is 0.909 bits per heavy atom. The Morgan fingerprint density at radius 2 is 1.52 bits per heavy atom. The fourth-order valence-corrected chi connectivity index (χ4v) is 3.87. The first-order valence-corrected chi connectivity index (χ1v) is 10.5. The average molecular weight is 463 g/mol. The summed E-state index contributed by atoms with van der Waals surface area (Å²) in [5, 5.41) is 0. The SMILES string of the molecule is CC(=O)OCC1OC(CC=O)C(N(Cc2ccccc2)C(C)=O)C(OC(C)=O)C1OC(C)=O. The van der Waals surface area contributed by atoms with Gasteiger partial charge in [-0.15, -0.1) is 0 Å². The first kappa shape index (κ1) is 26.0. The molecule has 1 aromatic rings. The van der Waals surface area contributed by atoms with Crippen LogP contribution in [0.25, 0.3) is 0 Å². The standard InChI is InChI=1S/C23H29NO9/c1-14(26)24(12-18-8-6-5-7-9-18)21-19(10-11-25)33-20(13-30-15(2)27)22(31-16(3)28)23(21)32-17(4)29/h5-9,11,19-23H,10,12-13H2,1-4H3. The third kappa shape index (κ3) is 7.38. The molecular weight excluding hydrogens is 434 g/mol. The summed E-state index contributed by atoms with van der Waals surface area (Å²) in [4.78, 5) is 60.9. The number of rotatable bonds is 9. The normalized spacial score (nSPS) is 24.3. The molecule has 0 bridgehead atoms. The Balaban J connectivity index is 2.54. The maximum Gasteiger partial charge on any atom is 0.303 e. The second-order valence-electron chi connectivity index (χ2n) is 7.69. The highest BCUT2D eigenvalue weighted by atomic mass is 16.6. The van der Waals surface area contributed by atoms with E-state index in [1.54, 1.807) is 0 Å². The molecule has 0 saturated carbocycles. The van der Waals surface area contributed by atoms with Crippen LogP contribution >= 0.6 is 0 Å². The van der Waals surface area contributed by atoms with Crippen LogP contribution < -0.4 is 0 Å². The Kier molecular flexibility index (Phi) is 9.53. The second-order valence-corrected chi connectivity index (χ2v) is 7.69. The zero-order valence-electron chi connectivity index (χ0n) is 19.1. The molecule has 0 N–H and O–H groups in total. The van der Waals surface area contributed by atoms with Crippen LogP contribution in [0.5, 0.6) is 0 Å². The summed E-state index contributed by atoms with van der Waals surface area (Å²) in [5.74, 6) is -2.31. The quantitative estimate of drug-likeness (QED) is 0.301. The number of hydrogen-bond acceptors (Lipinski definition) is 9. The predicted octanol–water partition coefficient (Wildman–Crippen LogP) is 1.19. The predicted molar refractivity (Wildman–Crippen MR) is 114 cm³/mol. The summed E-state index contributed by atoms with van der Waals surface area (Å²) in [7, 11) is 0. The zero-order chi connectivity index (χ0) is 24.5. The van der Waals surface area contributed by atoms with Crippen molar-refractivity contribution in [2.45, 2.75) is 71.1 Å². The van der Waals surface area contributed by atoms with Crippen LogP contribution in [0.3, 0.4) is 0 Å². The van der Waals surface area contributed by atoms with Crippen LogP contribution in [0.1, 0.15) is 39.7 Å². The number of hydrogen-bond donors (Lipinski definition) is 0. The number of aldehydes is 1. The van der Waals surface area contributed by atoms with Crippen LogP contribution in [0.2, 0.25) is 0 Å². The Hall–Kier alpha value is -3.27. The Bertz CT molecular complexity index is 857. The fourth-order valence-electron chi connectivity index (χ4n) is 3.87. The molecular formula is C23H29NO9. The monoisotopic (exact) mass is 463 g/mol. The molecule has 1 aliphatic heterocycles. The van der Waals surface area contributed by atoms with E-state index in [-0.39, 0.29) is 25.5 Å². The van der Waals surface area contributed by atoms with Gasteiger partial charge in [0.05, 0.1) is 12.1 Å². The van der Waals surface area contributed by atoms with Crippen molar-refractivity contribution in [1.82, 2.24) is 4.90 Å². The topological polar surface area (TPSA) is 126 Å². The second kappa shape index (κ2) is 12.1. The highest BCUT2D eigenvalue weighted by molar-refractivity contribution is 5.74. The summed E-state index contributed by atoms with van der Waals surface area (Å²) in [6.45, 7) is 4.74. The number of ether oxygens (including phenoxy) is 4. The highest BCUT2D eigenvalue weighted by Gasteiger charge is 2.52. The van der Waals surface area contributed by atoms with Gasteiger partial charge in [0, 0.05) is 40.7 Å². The molecule has 33 heavy (non-hydrogen) atoms. The first-order chi connectivity index (χ1) is 15.6. The molecule has 0 radical (unpaired) electrons. The van der Waals surface area contributed by atoms with Crippen molar-refractivity contribution in [3.63, 3.8) is 0 Å². The van der Waals surface area contributed by atoms with Crippen LogP contribution in [0, 0.1) is 0 Å². The van der Waals surface area contributed by atoms with Crippen LogP contribution in [-0.2, 0) is 49.5 Å². The highest BCUT2D eigenvalue weighted by Crippen LogP contribution is 2.32. The molecule has 0 aliphatic carbocycles. The number of benzene rings is 1. The zero-order valence-corrected chi connectivity index (χ0v) is 19.1. The summed E-state index contributed by atoms with van der Waals surface area (Å²) in [6.07, 6.45) is -3.79. The van der Waals surface area contributed by atoms with Gasteiger partial charge in [-0.05, 0) is 5.56 Å². The molecule has 10 heteroatoms. The van der Waals surface area contributed by atoms with Gasteiger partial charge in [0.1, 0.15) is 19.0 Å². The number of carbonyl (C=O) groups excluding carboxylic acids is 5. The van der Waals surface area contributed by atoms with Crippen molar-refractivity contribution < 1.29 is 42.9 Å². The van der Waals surface area contributed by atoms with E-state index in [1.165, 1.54) is 32.6 Å². The van der Waals surface area contributed by atoms with Gasteiger partial charge < -0.3 is 28.6 Å². The van der Waals surface area contributed by atoms with Gasteiger partial charge in [0.25, 0.3) is 0 Å². The Morgan fingerprint density at radius 3 is 2.03 bits per heavy atom. The summed E-state index contributed by atoms with van der Waals surface area (Å²) >= 11 is 0. The molecule has 2 rings (SSSR count). The number of amides is 1. The number of nitrogens with zero attached hydrogens (tertiary/aromatic N) is 1. The maximum absolute atomic E-state index is 12.7. The van der Waals surface area contributed by atoms with Crippen LogP contribution in [0.15, 0.2) is 30.3 Å². The van der Waals surface area contributed by atoms with Gasteiger partial charge in [0.2, 0.25) is 5.91 Å². The molecule has 0 spiro atoms. The minimum absolute atomic E-state index is 0.135. The molecule has 1 amide bonds. The number of esters is 3. The minimum Gasteiger partial charge on any atom is -0.463 e.